The maximum Gasteiger partial charge on any atom is 1.00 e. The smallest absolute Gasteiger partial charge is 0.744 e. The Morgan fingerprint density at radius 2 is 1.00 bits per heavy atom. The van der Waals surface area contributed by atoms with Gasteiger partial charge < -0.3 is 4.55 Å². The second-order valence-electron chi connectivity index (χ2n) is 11.4. The van der Waals surface area contributed by atoms with Crippen LogP contribution >= 0.6 is 0 Å². The number of rotatable bonds is 23. The minimum absolute atomic E-state index is 0. The molecule has 0 saturated carbocycles. The van der Waals surface area contributed by atoms with Gasteiger partial charge in [-0.05, 0) is 47.6 Å². The summed E-state index contributed by atoms with van der Waals surface area (Å²) in [6, 6.07) is 9.66. The zero-order chi connectivity index (χ0) is 27.5. The molecule has 0 bridgehead atoms. The Balaban J connectivity index is 0.00000760. The number of hydrogen-bond donors (Lipinski definition) is 0. The molecule has 0 N–H and O–H groups in total. The summed E-state index contributed by atoms with van der Waals surface area (Å²) in [6.07, 6.45) is 26.8. The Bertz CT molecular complexity index is 1000. The molecule has 0 aliphatic heterocycles. The molecule has 0 radical (unpaired) electrons. The van der Waals surface area contributed by atoms with Crippen LogP contribution in [0.25, 0.3) is 10.8 Å². The average Bonchev–Trinajstić information content (AvgIpc) is 2.89. The molecule has 0 fully saturated rings. The van der Waals surface area contributed by atoms with Crippen LogP contribution in [0.5, 0.6) is 0 Å². The fraction of sp³-hybridized carbons (Fsp3) is 0.706. The third-order valence-corrected chi connectivity index (χ3v) is 8.99. The number of aryl methyl sites for hydroxylation is 1. The Hall–Kier alpha value is -0.390. The number of fused-ring (bicyclic) bond motifs is 1. The minimum Gasteiger partial charge on any atom is -0.744 e. The molecule has 2 aromatic rings. The van der Waals surface area contributed by atoms with E-state index in [0.717, 1.165) is 42.2 Å². The van der Waals surface area contributed by atoms with Gasteiger partial charge in [0.1, 0.15) is 10.1 Å². The van der Waals surface area contributed by atoms with Gasteiger partial charge in [0.15, 0.2) is 0 Å². The van der Waals surface area contributed by atoms with E-state index < -0.39 is 10.1 Å². The first-order valence-corrected chi connectivity index (χ1v) is 17.4. The second kappa shape index (κ2) is 22.2. The van der Waals surface area contributed by atoms with Gasteiger partial charge in [-0.1, -0.05) is 160 Å². The van der Waals surface area contributed by atoms with Gasteiger partial charge in [-0.2, -0.15) is 0 Å². The van der Waals surface area contributed by atoms with Gasteiger partial charge in [-0.25, -0.2) is 8.42 Å². The molecule has 216 valence electrons. The molecule has 0 aliphatic rings. The van der Waals surface area contributed by atoms with E-state index in [9.17, 15) is 13.0 Å². The van der Waals surface area contributed by atoms with Crippen LogP contribution in [0.4, 0.5) is 0 Å². The molecule has 0 aliphatic carbocycles. The first-order valence-electron chi connectivity index (χ1n) is 16.0. The molecule has 0 unspecified atom stereocenters. The molecule has 2 aromatic carbocycles. The third kappa shape index (κ3) is 14.9. The summed E-state index contributed by atoms with van der Waals surface area (Å²) < 4.78 is 37.5. The van der Waals surface area contributed by atoms with Crippen molar-refractivity contribution in [1.29, 1.82) is 0 Å². The van der Waals surface area contributed by atoms with Gasteiger partial charge in [0.2, 0.25) is 0 Å². The summed E-state index contributed by atoms with van der Waals surface area (Å²) in [4.78, 5) is 0.0496. The van der Waals surface area contributed by atoms with Crippen LogP contribution in [0.1, 0.15) is 153 Å². The summed E-state index contributed by atoms with van der Waals surface area (Å²) in [5.41, 5.74) is 1.88. The molecule has 0 saturated heterocycles. The third-order valence-electron chi connectivity index (χ3n) is 8.03. The fourth-order valence-electron chi connectivity index (χ4n) is 5.79. The van der Waals surface area contributed by atoms with E-state index in [2.05, 4.69) is 19.9 Å². The fourth-order valence-corrected chi connectivity index (χ4v) is 6.78. The molecule has 0 heterocycles. The summed E-state index contributed by atoms with van der Waals surface area (Å²) in [5.74, 6) is 0. The largest absolute Gasteiger partial charge is 1.00 e. The first kappa shape index (κ1) is 36.6. The van der Waals surface area contributed by atoms with Crippen LogP contribution in [0, 0.1) is 0 Å². The second-order valence-corrected chi connectivity index (χ2v) is 12.7. The van der Waals surface area contributed by atoms with Crippen LogP contribution in [0.2, 0.25) is 0 Å². The molecule has 0 amide bonds. The molecule has 0 spiro atoms. The van der Waals surface area contributed by atoms with E-state index in [1.54, 1.807) is 6.07 Å². The van der Waals surface area contributed by atoms with Crippen molar-refractivity contribution >= 4 is 20.9 Å². The van der Waals surface area contributed by atoms with E-state index in [1.165, 1.54) is 109 Å². The van der Waals surface area contributed by atoms with Gasteiger partial charge in [0.05, 0.1) is 4.90 Å². The molecule has 0 aromatic heterocycles. The molecule has 5 heteroatoms. The van der Waals surface area contributed by atoms with E-state index >= 15 is 0 Å². The zero-order valence-corrected chi connectivity index (χ0v) is 28.4. The number of hydrogen-bond acceptors (Lipinski definition) is 3. The molecule has 39 heavy (non-hydrogen) atoms. The SMILES string of the molecule is CCCCCCCCCCCCc1cc2ccccc2c(S(=O)(=O)[O-])c1CCCCCCCCCCCC.[Na+]. The molecular weight excluding hydrogens is 511 g/mol. The predicted molar refractivity (Wildman–Crippen MR) is 163 cm³/mol. The maximum atomic E-state index is 12.5. The van der Waals surface area contributed by atoms with Crippen LogP contribution < -0.4 is 29.6 Å². The topological polar surface area (TPSA) is 57.2 Å². The van der Waals surface area contributed by atoms with Crippen molar-refractivity contribution in [2.45, 2.75) is 160 Å². The zero-order valence-electron chi connectivity index (χ0n) is 25.6. The van der Waals surface area contributed by atoms with Crippen molar-refractivity contribution in [1.82, 2.24) is 0 Å². The van der Waals surface area contributed by atoms with Crippen molar-refractivity contribution in [2.75, 3.05) is 0 Å². The Kier molecular flexibility index (Phi) is 20.9. The van der Waals surface area contributed by atoms with Crippen molar-refractivity contribution in [3.63, 3.8) is 0 Å². The first-order chi connectivity index (χ1) is 18.5. The maximum absolute atomic E-state index is 12.5. The number of unbranched alkanes of at least 4 members (excludes halogenated alkanes) is 18. The van der Waals surface area contributed by atoms with Gasteiger partial charge in [-0.15, -0.1) is 0 Å². The minimum atomic E-state index is -4.55. The summed E-state index contributed by atoms with van der Waals surface area (Å²) >= 11 is 0. The molecule has 3 nitrogen and oxygen atoms in total. The normalized spacial score (nSPS) is 11.7. The summed E-state index contributed by atoms with van der Waals surface area (Å²) in [7, 11) is -4.55. The summed E-state index contributed by atoms with van der Waals surface area (Å²) in [5, 5.41) is 1.47. The number of benzene rings is 2. The van der Waals surface area contributed by atoms with Crippen molar-refractivity contribution in [3.05, 3.63) is 41.5 Å². The Morgan fingerprint density at radius 3 is 1.46 bits per heavy atom. The van der Waals surface area contributed by atoms with Crippen molar-refractivity contribution in [2.24, 2.45) is 0 Å². The van der Waals surface area contributed by atoms with Crippen LogP contribution in [0.3, 0.4) is 0 Å². The standard InChI is InChI=1S/C34H56O3S.Na/c1-3-5-7-9-11-13-15-17-19-21-25-30-29-31-26-23-24-28-33(31)34(38(35,36)37)32(30)27-22-20-18-16-14-12-10-8-6-4-2;/h23-24,26,28-29H,3-22,25,27H2,1-2H3,(H,35,36,37);/q;+1/p-1. The van der Waals surface area contributed by atoms with Gasteiger partial charge in [0.25, 0.3) is 0 Å². The van der Waals surface area contributed by atoms with Gasteiger partial charge in [0, 0.05) is 0 Å². The van der Waals surface area contributed by atoms with E-state index in [1.807, 2.05) is 18.2 Å². The van der Waals surface area contributed by atoms with E-state index in [-0.39, 0.29) is 34.5 Å². The monoisotopic (exact) mass is 566 g/mol. The Morgan fingerprint density at radius 1 is 0.590 bits per heavy atom. The van der Waals surface area contributed by atoms with Crippen LogP contribution in [0.15, 0.2) is 35.2 Å². The Labute approximate surface area is 263 Å². The molecular formula is C34H55NaO3S. The molecule has 0 atom stereocenters. The van der Waals surface area contributed by atoms with Crippen molar-refractivity contribution in [3.8, 4) is 0 Å². The van der Waals surface area contributed by atoms with E-state index in [4.69, 9.17) is 0 Å². The van der Waals surface area contributed by atoms with Gasteiger partial charge in [-0.3, -0.25) is 0 Å². The van der Waals surface area contributed by atoms with Crippen LogP contribution in [-0.2, 0) is 23.0 Å². The van der Waals surface area contributed by atoms with Crippen molar-refractivity contribution < 1.29 is 42.5 Å². The predicted octanol–water partition coefficient (Wildman–Crippen LogP) is 7.67. The van der Waals surface area contributed by atoms with Crippen LogP contribution in [-0.4, -0.2) is 13.0 Å². The average molecular weight is 567 g/mol. The summed E-state index contributed by atoms with van der Waals surface area (Å²) in [6.45, 7) is 4.51. The van der Waals surface area contributed by atoms with Gasteiger partial charge >= 0.3 is 29.6 Å². The quantitative estimate of drug-likeness (QED) is 0.0788. The van der Waals surface area contributed by atoms with E-state index in [0.29, 0.717) is 11.8 Å². The molecule has 2 rings (SSSR count).